The number of hydrogen-bond acceptors (Lipinski definition) is 3. The van der Waals surface area contributed by atoms with Gasteiger partial charge in [-0.15, -0.1) is 0 Å². The van der Waals surface area contributed by atoms with E-state index in [0.717, 1.165) is 16.5 Å². The number of carbonyl (C=O) groups is 1. The third-order valence-electron chi connectivity index (χ3n) is 3.43. The summed E-state index contributed by atoms with van der Waals surface area (Å²) in [5.41, 5.74) is 7.53. The summed E-state index contributed by atoms with van der Waals surface area (Å²) in [5, 5.41) is 3.96. The number of carbonyl (C=O) groups excluding carboxylic acids is 1. The fourth-order valence-electron chi connectivity index (χ4n) is 2.36. The maximum Gasteiger partial charge on any atom is 0.230 e. The normalized spacial score (nSPS) is 12.3. The molecule has 0 saturated carbocycles. The van der Waals surface area contributed by atoms with Crippen LogP contribution in [-0.2, 0) is 11.3 Å². The molecular weight excluding hydrogens is 282 g/mol. The molecule has 1 atom stereocenters. The van der Waals surface area contributed by atoms with Crippen LogP contribution in [0.2, 0.25) is 0 Å². The predicted molar refractivity (Wildman–Crippen MR) is 88.7 cm³/mol. The predicted octanol–water partition coefficient (Wildman–Crippen LogP) is 2.41. The molecule has 4 nitrogen and oxygen atoms in total. The van der Waals surface area contributed by atoms with Crippen molar-refractivity contribution in [1.29, 1.82) is 0 Å². The topological polar surface area (TPSA) is 68.0 Å². The summed E-state index contributed by atoms with van der Waals surface area (Å²) >= 11 is 4.98. The molecule has 0 aliphatic rings. The second kappa shape index (κ2) is 6.63. The number of rotatable bonds is 5. The van der Waals surface area contributed by atoms with Gasteiger partial charge in [0.15, 0.2) is 0 Å². The standard InChI is InChI=1S/C16H19N3OS/c1-10(2)13(15(17)21)16(20)19-9-12-6-3-5-11-7-4-8-18-14(11)12/h3-8,10,13H,9H2,1-2H3,(H2,17,21)(H,19,20). The van der Waals surface area contributed by atoms with Crippen LogP contribution in [0.3, 0.4) is 0 Å². The maximum absolute atomic E-state index is 12.2. The van der Waals surface area contributed by atoms with Crippen LogP contribution >= 0.6 is 12.2 Å². The summed E-state index contributed by atoms with van der Waals surface area (Å²) in [6.07, 6.45) is 1.75. The van der Waals surface area contributed by atoms with Crippen molar-refractivity contribution in [3.8, 4) is 0 Å². The molecule has 0 aliphatic heterocycles. The van der Waals surface area contributed by atoms with E-state index in [4.69, 9.17) is 18.0 Å². The highest BCUT2D eigenvalue weighted by Gasteiger charge is 2.24. The summed E-state index contributed by atoms with van der Waals surface area (Å²) in [6.45, 7) is 4.28. The first-order valence-electron chi connectivity index (χ1n) is 6.90. The second-order valence-corrected chi connectivity index (χ2v) is 5.81. The molecule has 1 aromatic carbocycles. The molecule has 3 N–H and O–H groups in total. The van der Waals surface area contributed by atoms with Crippen LogP contribution in [0.25, 0.3) is 10.9 Å². The van der Waals surface area contributed by atoms with Gasteiger partial charge < -0.3 is 11.1 Å². The van der Waals surface area contributed by atoms with Crippen molar-refractivity contribution in [2.75, 3.05) is 0 Å². The Balaban J connectivity index is 2.15. The molecule has 5 heteroatoms. The lowest BCUT2D eigenvalue weighted by Crippen LogP contribution is -2.40. The zero-order valence-electron chi connectivity index (χ0n) is 12.2. The van der Waals surface area contributed by atoms with Gasteiger partial charge >= 0.3 is 0 Å². The van der Waals surface area contributed by atoms with Crippen LogP contribution < -0.4 is 11.1 Å². The van der Waals surface area contributed by atoms with Gasteiger partial charge in [-0.05, 0) is 17.5 Å². The molecule has 0 bridgehead atoms. The largest absolute Gasteiger partial charge is 0.393 e. The Labute approximate surface area is 129 Å². The van der Waals surface area contributed by atoms with E-state index >= 15 is 0 Å². The quantitative estimate of drug-likeness (QED) is 0.832. The van der Waals surface area contributed by atoms with Gasteiger partial charge in [0.05, 0.1) is 16.4 Å². The molecule has 0 fully saturated rings. The lowest BCUT2D eigenvalue weighted by molar-refractivity contribution is -0.124. The number of aromatic nitrogens is 1. The van der Waals surface area contributed by atoms with E-state index in [2.05, 4.69) is 10.3 Å². The summed E-state index contributed by atoms with van der Waals surface area (Å²) in [4.78, 5) is 16.8. The number of amides is 1. The van der Waals surface area contributed by atoms with Crippen LogP contribution in [0.5, 0.6) is 0 Å². The molecule has 0 aliphatic carbocycles. The van der Waals surface area contributed by atoms with E-state index in [9.17, 15) is 4.79 Å². The number of fused-ring (bicyclic) bond motifs is 1. The molecule has 1 aromatic heterocycles. The highest BCUT2D eigenvalue weighted by atomic mass is 32.1. The van der Waals surface area contributed by atoms with Gasteiger partial charge in [0.1, 0.15) is 0 Å². The van der Waals surface area contributed by atoms with E-state index in [1.165, 1.54) is 0 Å². The first kappa shape index (κ1) is 15.4. The van der Waals surface area contributed by atoms with Crippen molar-refractivity contribution in [3.05, 3.63) is 42.1 Å². The fraction of sp³-hybridized carbons (Fsp3) is 0.312. The third-order valence-corrected chi connectivity index (χ3v) is 3.68. The van der Waals surface area contributed by atoms with Crippen molar-refractivity contribution < 1.29 is 4.79 Å². The van der Waals surface area contributed by atoms with Crippen LogP contribution in [0.1, 0.15) is 19.4 Å². The van der Waals surface area contributed by atoms with Crippen LogP contribution in [0, 0.1) is 11.8 Å². The van der Waals surface area contributed by atoms with Crippen molar-refractivity contribution in [1.82, 2.24) is 10.3 Å². The van der Waals surface area contributed by atoms with Crippen LogP contribution in [-0.4, -0.2) is 15.9 Å². The van der Waals surface area contributed by atoms with Gasteiger partial charge in [0.25, 0.3) is 0 Å². The highest BCUT2D eigenvalue weighted by Crippen LogP contribution is 2.16. The molecule has 1 heterocycles. The summed E-state index contributed by atoms with van der Waals surface area (Å²) in [5.74, 6) is -0.499. The minimum Gasteiger partial charge on any atom is -0.393 e. The number of benzene rings is 1. The van der Waals surface area contributed by atoms with Gasteiger partial charge in [-0.1, -0.05) is 50.3 Å². The number of para-hydroxylation sites is 1. The summed E-state index contributed by atoms with van der Waals surface area (Å²) < 4.78 is 0. The Morgan fingerprint density at radius 3 is 2.71 bits per heavy atom. The van der Waals surface area contributed by atoms with Crippen LogP contribution in [0.4, 0.5) is 0 Å². The number of pyridine rings is 1. The van der Waals surface area contributed by atoms with Gasteiger partial charge in [0, 0.05) is 18.1 Å². The van der Waals surface area contributed by atoms with Gasteiger partial charge in [0.2, 0.25) is 5.91 Å². The molecule has 2 rings (SSSR count). The van der Waals surface area contributed by atoms with E-state index < -0.39 is 5.92 Å². The molecule has 110 valence electrons. The van der Waals surface area contributed by atoms with E-state index in [1.54, 1.807) is 6.20 Å². The average Bonchev–Trinajstić information content (AvgIpc) is 2.44. The second-order valence-electron chi connectivity index (χ2n) is 5.33. The van der Waals surface area contributed by atoms with Crippen molar-refractivity contribution in [3.63, 3.8) is 0 Å². The smallest absolute Gasteiger partial charge is 0.230 e. The van der Waals surface area contributed by atoms with Gasteiger partial charge in [-0.3, -0.25) is 9.78 Å². The fourth-order valence-corrected chi connectivity index (χ4v) is 2.74. The monoisotopic (exact) mass is 301 g/mol. The molecule has 0 radical (unpaired) electrons. The minimum absolute atomic E-state index is 0.0770. The van der Waals surface area contributed by atoms with E-state index in [-0.39, 0.29) is 16.8 Å². The Morgan fingerprint density at radius 2 is 2.05 bits per heavy atom. The number of hydrogen-bond donors (Lipinski definition) is 2. The maximum atomic E-state index is 12.2. The number of thiocarbonyl (C=S) groups is 1. The zero-order valence-corrected chi connectivity index (χ0v) is 13.0. The SMILES string of the molecule is CC(C)C(C(=O)NCc1cccc2cccnc12)C(N)=S. The summed E-state index contributed by atoms with van der Waals surface area (Å²) in [7, 11) is 0. The minimum atomic E-state index is -0.442. The molecule has 1 amide bonds. The molecule has 2 aromatic rings. The number of nitrogens with one attached hydrogen (secondary N) is 1. The lowest BCUT2D eigenvalue weighted by atomic mass is 9.95. The van der Waals surface area contributed by atoms with Gasteiger partial charge in [-0.25, -0.2) is 0 Å². The highest BCUT2D eigenvalue weighted by molar-refractivity contribution is 7.80. The Morgan fingerprint density at radius 1 is 1.33 bits per heavy atom. The molecule has 21 heavy (non-hydrogen) atoms. The molecule has 1 unspecified atom stereocenters. The zero-order chi connectivity index (χ0) is 15.4. The van der Waals surface area contributed by atoms with Crippen molar-refractivity contribution in [2.24, 2.45) is 17.6 Å². The van der Waals surface area contributed by atoms with Crippen molar-refractivity contribution >= 4 is 34.0 Å². The molecular formula is C16H19N3OS. The Kier molecular flexibility index (Phi) is 4.85. The lowest BCUT2D eigenvalue weighted by Gasteiger charge is -2.19. The van der Waals surface area contributed by atoms with E-state index in [0.29, 0.717) is 6.54 Å². The van der Waals surface area contributed by atoms with E-state index in [1.807, 2.05) is 44.2 Å². The first-order valence-corrected chi connectivity index (χ1v) is 7.31. The summed E-state index contributed by atoms with van der Waals surface area (Å²) in [6, 6.07) is 9.81. The van der Waals surface area contributed by atoms with Gasteiger partial charge in [-0.2, -0.15) is 0 Å². The number of nitrogens with two attached hydrogens (primary N) is 1. The Bertz CT molecular complexity index is 664. The first-order chi connectivity index (χ1) is 10.0. The molecule has 0 spiro atoms. The third kappa shape index (κ3) is 3.55. The van der Waals surface area contributed by atoms with Crippen LogP contribution in [0.15, 0.2) is 36.5 Å². The Hall–Kier alpha value is -2.01. The number of nitrogens with zero attached hydrogens (tertiary/aromatic N) is 1. The van der Waals surface area contributed by atoms with Crippen molar-refractivity contribution in [2.45, 2.75) is 20.4 Å². The average molecular weight is 301 g/mol. The molecule has 0 saturated heterocycles.